The Morgan fingerprint density at radius 2 is 1.77 bits per heavy atom. The Hall–Kier alpha value is -3.16. The third-order valence-corrected chi connectivity index (χ3v) is 3.69. The summed E-state index contributed by atoms with van der Waals surface area (Å²) >= 11 is 0. The first kappa shape index (κ1) is 17.7. The summed E-state index contributed by atoms with van der Waals surface area (Å²) < 4.78 is 41.6. The van der Waals surface area contributed by atoms with Crippen LogP contribution in [0.25, 0.3) is 5.69 Å². The van der Waals surface area contributed by atoms with Crippen molar-refractivity contribution in [1.82, 2.24) is 14.8 Å². The fraction of sp³-hybridized carbons (Fsp3) is 0.167. The van der Waals surface area contributed by atoms with E-state index in [4.69, 9.17) is 0 Å². The van der Waals surface area contributed by atoms with Crippen molar-refractivity contribution in [3.63, 3.8) is 0 Å². The number of amides is 1. The summed E-state index contributed by atoms with van der Waals surface area (Å²) in [6, 6.07) is 11.2. The molecule has 8 heteroatoms. The highest BCUT2D eigenvalue weighted by Gasteiger charge is 2.40. The number of halogens is 3. The van der Waals surface area contributed by atoms with Crippen molar-refractivity contribution in [3.8, 4) is 5.69 Å². The van der Waals surface area contributed by atoms with E-state index in [1.165, 1.54) is 18.2 Å². The van der Waals surface area contributed by atoms with Crippen LogP contribution in [0.1, 0.15) is 27.3 Å². The number of aromatic nitrogens is 3. The molecule has 1 aromatic carbocycles. The summed E-state index contributed by atoms with van der Waals surface area (Å²) in [4.78, 5) is 16.5. The van der Waals surface area contributed by atoms with Crippen molar-refractivity contribution in [1.29, 1.82) is 0 Å². The van der Waals surface area contributed by atoms with Crippen molar-refractivity contribution in [3.05, 3.63) is 71.2 Å². The maximum absolute atomic E-state index is 13.6. The highest BCUT2D eigenvalue weighted by atomic mass is 19.4. The van der Waals surface area contributed by atoms with E-state index >= 15 is 0 Å². The monoisotopic (exact) mass is 360 g/mol. The lowest BCUT2D eigenvalue weighted by atomic mass is 10.2. The van der Waals surface area contributed by atoms with Gasteiger partial charge in [-0.25, -0.2) is 9.67 Å². The Bertz CT molecular complexity index is 946. The predicted octanol–water partition coefficient (Wildman–Crippen LogP) is 4.16. The highest BCUT2D eigenvalue weighted by Crippen LogP contribution is 2.34. The maximum Gasteiger partial charge on any atom is 0.434 e. The van der Waals surface area contributed by atoms with Crippen LogP contribution < -0.4 is 5.32 Å². The number of hydrogen-bond acceptors (Lipinski definition) is 3. The molecule has 0 bridgehead atoms. The van der Waals surface area contributed by atoms with Crippen LogP contribution in [0, 0.1) is 13.8 Å². The van der Waals surface area contributed by atoms with Crippen molar-refractivity contribution < 1.29 is 18.0 Å². The number of benzene rings is 1. The molecule has 3 rings (SSSR count). The number of nitrogens with zero attached hydrogens (tertiary/aromatic N) is 3. The van der Waals surface area contributed by atoms with E-state index in [1.807, 2.05) is 6.92 Å². The number of carbonyl (C=O) groups excluding carboxylic acids is 1. The third kappa shape index (κ3) is 3.58. The standard InChI is InChI=1S/C18H15F3N4O/c1-11-6-8-13(9-7-11)25-16(18(19,20)21)14(10-22-25)17(26)24-15-5-3-4-12(2)23-15/h3-10H,1-2H3,(H,23,24,26). The summed E-state index contributed by atoms with van der Waals surface area (Å²) in [5.41, 5.74) is 0.0516. The summed E-state index contributed by atoms with van der Waals surface area (Å²) in [6.07, 6.45) is -3.85. The Morgan fingerprint density at radius 3 is 2.38 bits per heavy atom. The molecule has 0 aliphatic carbocycles. The van der Waals surface area contributed by atoms with Gasteiger partial charge in [0.05, 0.1) is 17.4 Å². The first-order valence-electron chi connectivity index (χ1n) is 7.73. The molecule has 1 N–H and O–H groups in total. The van der Waals surface area contributed by atoms with Gasteiger partial charge >= 0.3 is 6.18 Å². The van der Waals surface area contributed by atoms with E-state index in [9.17, 15) is 18.0 Å². The topological polar surface area (TPSA) is 59.8 Å². The summed E-state index contributed by atoms with van der Waals surface area (Å²) in [5, 5.41) is 6.16. The van der Waals surface area contributed by atoms with Crippen molar-refractivity contribution in [2.45, 2.75) is 20.0 Å². The van der Waals surface area contributed by atoms with Crippen LogP contribution in [0.5, 0.6) is 0 Å². The van der Waals surface area contributed by atoms with Gasteiger partial charge < -0.3 is 5.32 Å². The number of aryl methyl sites for hydroxylation is 2. The second-order valence-corrected chi connectivity index (χ2v) is 5.77. The smallest absolute Gasteiger partial charge is 0.306 e. The Labute approximate surface area is 147 Å². The number of carbonyl (C=O) groups is 1. The van der Waals surface area contributed by atoms with Gasteiger partial charge in [-0.15, -0.1) is 0 Å². The van der Waals surface area contributed by atoms with E-state index in [0.717, 1.165) is 16.4 Å². The first-order chi connectivity index (χ1) is 12.3. The van der Waals surface area contributed by atoms with Crippen LogP contribution in [-0.2, 0) is 6.18 Å². The minimum absolute atomic E-state index is 0.172. The Balaban J connectivity index is 2.02. The van der Waals surface area contributed by atoms with Crippen LogP contribution in [0.3, 0.4) is 0 Å². The molecule has 2 aromatic heterocycles. The molecule has 0 radical (unpaired) electrons. The Kier molecular flexibility index (Phi) is 4.50. The number of anilines is 1. The van der Waals surface area contributed by atoms with Gasteiger partial charge in [0.1, 0.15) is 5.82 Å². The predicted molar refractivity (Wildman–Crippen MR) is 90.2 cm³/mol. The van der Waals surface area contributed by atoms with Crippen molar-refractivity contribution >= 4 is 11.7 Å². The average molecular weight is 360 g/mol. The summed E-state index contributed by atoms with van der Waals surface area (Å²) in [7, 11) is 0. The lowest BCUT2D eigenvalue weighted by Crippen LogP contribution is -2.21. The molecule has 0 unspecified atom stereocenters. The Morgan fingerprint density at radius 1 is 1.08 bits per heavy atom. The van der Waals surface area contributed by atoms with E-state index in [2.05, 4.69) is 15.4 Å². The number of rotatable bonds is 3. The lowest BCUT2D eigenvalue weighted by molar-refractivity contribution is -0.143. The molecule has 0 saturated carbocycles. The molecule has 0 spiro atoms. The van der Waals surface area contributed by atoms with E-state index in [0.29, 0.717) is 5.69 Å². The zero-order valence-corrected chi connectivity index (χ0v) is 14.0. The molecule has 1 amide bonds. The summed E-state index contributed by atoms with van der Waals surface area (Å²) in [6.45, 7) is 3.54. The van der Waals surface area contributed by atoms with E-state index in [1.54, 1.807) is 31.2 Å². The molecule has 0 saturated heterocycles. The maximum atomic E-state index is 13.6. The van der Waals surface area contributed by atoms with Crippen LogP contribution in [0.15, 0.2) is 48.7 Å². The number of nitrogens with one attached hydrogen (secondary N) is 1. The molecule has 0 atom stereocenters. The van der Waals surface area contributed by atoms with Crippen LogP contribution >= 0.6 is 0 Å². The molecule has 26 heavy (non-hydrogen) atoms. The van der Waals surface area contributed by atoms with Crippen molar-refractivity contribution in [2.75, 3.05) is 5.32 Å². The SMILES string of the molecule is Cc1ccc(-n2ncc(C(=O)Nc3cccc(C)n3)c2C(F)(F)F)cc1. The van der Waals surface area contributed by atoms with Crippen molar-refractivity contribution in [2.24, 2.45) is 0 Å². The zero-order chi connectivity index (χ0) is 18.9. The van der Waals surface area contributed by atoms with Gasteiger partial charge in [0.25, 0.3) is 5.91 Å². The average Bonchev–Trinajstić information content (AvgIpc) is 3.01. The molecular formula is C18H15F3N4O. The first-order valence-corrected chi connectivity index (χ1v) is 7.73. The van der Waals surface area contributed by atoms with Crippen LogP contribution in [0.2, 0.25) is 0 Å². The minimum Gasteiger partial charge on any atom is -0.306 e. The van der Waals surface area contributed by atoms with E-state index in [-0.39, 0.29) is 11.5 Å². The molecule has 5 nitrogen and oxygen atoms in total. The number of hydrogen-bond donors (Lipinski definition) is 1. The largest absolute Gasteiger partial charge is 0.434 e. The third-order valence-electron chi connectivity index (χ3n) is 3.69. The van der Waals surface area contributed by atoms with Gasteiger partial charge in [0, 0.05) is 5.69 Å². The van der Waals surface area contributed by atoms with Gasteiger partial charge in [0.2, 0.25) is 0 Å². The molecule has 3 aromatic rings. The molecule has 0 fully saturated rings. The highest BCUT2D eigenvalue weighted by molar-refractivity contribution is 6.04. The zero-order valence-electron chi connectivity index (χ0n) is 14.0. The number of alkyl halides is 3. The van der Waals surface area contributed by atoms with Crippen LogP contribution in [0.4, 0.5) is 19.0 Å². The fourth-order valence-corrected chi connectivity index (χ4v) is 2.47. The van der Waals surface area contributed by atoms with Gasteiger partial charge in [-0.05, 0) is 38.1 Å². The quantitative estimate of drug-likeness (QED) is 0.763. The fourth-order valence-electron chi connectivity index (χ4n) is 2.47. The van der Waals surface area contributed by atoms with Crippen LogP contribution in [-0.4, -0.2) is 20.7 Å². The molecule has 0 aliphatic rings. The van der Waals surface area contributed by atoms with E-state index < -0.39 is 23.3 Å². The minimum atomic E-state index is -4.76. The molecule has 0 aliphatic heterocycles. The second-order valence-electron chi connectivity index (χ2n) is 5.77. The lowest BCUT2D eigenvalue weighted by Gasteiger charge is -2.13. The molecular weight excluding hydrogens is 345 g/mol. The van der Waals surface area contributed by atoms with Gasteiger partial charge in [-0.3, -0.25) is 4.79 Å². The molecule has 2 heterocycles. The number of pyridine rings is 1. The van der Waals surface area contributed by atoms with Gasteiger partial charge in [-0.1, -0.05) is 23.8 Å². The van der Waals surface area contributed by atoms with Gasteiger partial charge in [0.15, 0.2) is 5.69 Å². The van der Waals surface area contributed by atoms with Gasteiger partial charge in [-0.2, -0.15) is 18.3 Å². The molecule has 134 valence electrons. The normalized spacial score (nSPS) is 11.4. The second kappa shape index (κ2) is 6.62. The summed E-state index contributed by atoms with van der Waals surface area (Å²) in [5.74, 6) is -0.750.